The summed E-state index contributed by atoms with van der Waals surface area (Å²) >= 11 is 5.94. The Morgan fingerprint density at radius 3 is 2.52 bits per heavy atom. The minimum atomic E-state index is -4.11. The van der Waals surface area contributed by atoms with Gasteiger partial charge in [0.2, 0.25) is 15.9 Å². The zero-order valence-electron chi connectivity index (χ0n) is 12.7. The zero-order valence-corrected chi connectivity index (χ0v) is 14.2. The summed E-state index contributed by atoms with van der Waals surface area (Å²) in [5, 5.41) is 2.28. The van der Waals surface area contributed by atoms with Gasteiger partial charge in [-0.25, -0.2) is 17.5 Å². The molecule has 2 rings (SSSR count). The highest BCUT2D eigenvalue weighted by atomic mass is 35.5. The molecule has 4 N–H and O–H groups in total. The van der Waals surface area contributed by atoms with Gasteiger partial charge in [-0.1, -0.05) is 24.4 Å². The fraction of sp³-hybridized carbons (Fsp3) is 0.500. The van der Waals surface area contributed by atoms with Crippen LogP contribution >= 0.6 is 11.6 Å². The second kappa shape index (κ2) is 6.72. The topological polar surface area (TPSA) is 101 Å². The number of anilines is 1. The van der Waals surface area contributed by atoms with E-state index >= 15 is 0 Å². The lowest BCUT2D eigenvalue weighted by molar-refractivity contribution is -0.114. The van der Waals surface area contributed by atoms with E-state index in [1.807, 2.05) is 0 Å². The molecule has 128 valence electrons. The molecule has 23 heavy (non-hydrogen) atoms. The summed E-state index contributed by atoms with van der Waals surface area (Å²) < 4.78 is 41.8. The van der Waals surface area contributed by atoms with E-state index in [4.69, 9.17) is 17.3 Å². The van der Waals surface area contributed by atoms with Crippen molar-refractivity contribution in [2.75, 3.05) is 11.9 Å². The van der Waals surface area contributed by atoms with E-state index in [9.17, 15) is 17.6 Å². The molecule has 0 aromatic heterocycles. The lowest BCUT2D eigenvalue weighted by Crippen LogP contribution is -2.51. The summed E-state index contributed by atoms with van der Waals surface area (Å²) in [4.78, 5) is 10.5. The molecule has 1 fully saturated rings. The van der Waals surface area contributed by atoms with Crippen molar-refractivity contribution in [3.63, 3.8) is 0 Å². The molecule has 0 radical (unpaired) electrons. The lowest BCUT2D eigenvalue weighted by atomic mass is 10.0. The summed E-state index contributed by atoms with van der Waals surface area (Å²) in [6, 6.07) is 1.88. The summed E-state index contributed by atoms with van der Waals surface area (Å²) in [5.74, 6) is -1.43. The predicted octanol–water partition coefficient (Wildman–Crippen LogP) is 1.99. The average molecular weight is 364 g/mol. The van der Waals surface area contributed by atoms with E-state index in [-0.39, 0.29) is 17.3 Å². The Labute approximate surface area is 139 Å². The minimum Gasteiger partial charge on any atom is -0.329 e. The first-order valence-electron chi connectivity index (χ1n) is 7.20. The van der Waals surface area contributed by atoms with Crippen molar-refractivity contribution >= 4 is 33.2 Å². The molecular formula is C14H19ClFN3O3S. The third-order valence-corrected chi connectivity index (χ3v) is 5.83. The van der Waals surface area contributed by atoms with Crippen LogP contribution in [0.5, 0.6) is 0 Å². The minimum absolute atomic E-state index is 0.0185. The number of hydrogen-bond acceptors (Lipinski definition) is 4. The largest absolute Gasteiger partial charge is 0.329 e. The smallest absolute Gasteiger partial charge is 0.244 e. The second-order valence-electron chi connectivity index (χ2n) is 5.74. The summed E-state index contributed by atoms with van der Waals surface area (Å²) in [6.45, 7) is 1.39. The number of carbonyl (C=O) groups is 1. The van der Waals surface area contributed by atoms with E-state index in [0.717, 1.165) is 25.0 Å². The summed E-state index contributed by atoms with van der Waals surface area (Å²) in [7, 11) is -4.11. The van der Waals surface area contributed by atoms with Gasteiger partial charge in [0.15, 0.2) is 0 Å². The van der Waals surface area contributed by atoms with E-state index in [0.29, 0.717) is 12.8 Å². The molecular weight excluding hydrogens is 345 g/mol. The van der Waals surface area contributed by atoms with Gasteiger partial charge in [0.25, 0.3) is 0 Å². The number of nitrogens with two attached hydrogens (primary N) is 1. The number of hydrogen-bond donors (Lipinski definition) is 3. The molecule has 6 nitrogen and oxygen atoms in total. The van der Waals surface area contributed by atoms with Crippen LogP contribution in [0.3, 0.4) is 0 Å². The Bertz CT molecular complexity index is 718. The molecule has 1 aliphatic carbocycles. The zero-order chi connectivity index (χ0) is 17.3. The SMILES string of the molecule is CC(=O)Nc1cc(F)c(S(=O)(=O)NC2(CN)CCCC2)cc1Cl. The number of nitrogens with one attached hydrogen (secondary N) is 2. The Kier molecular flexibility index (Phi) is 5.30. The average Bonchev–Trinajstić information content (AvgIpc) is 2.90. The van der Waals surface area contributed by atoms with Crippen molar-refractivity contribution in [2.45, 2.75) is 43.0 Å². The van der Waals surface area contributed by atoms with Crippen LogP contribution < -0.4 is 15.8 Å². The van der Waals surface area contributed by atoms with E-state index in [2.05, 4.69) is 10.0 Å². The molecule has 0 spiro atoms. The first-order chi connectivity index (χ1) is 10.7. The maximum Gasteiger partial charge on any atom is 0.244 e. The predicted molar refractivity (Wildman–Crippen MR) is 86.3 cm³/mol. The molecule has 9 heteroatoms. The molecule has 1 aromatic rings. The number of halogens is 2. The van der Waals surface area contributed by atoms with Gasteiger partial charge >= 0.3 is 0 Å². The monoisotopic (exact) mass is 363 g/mol. The molecule has 1 aromatic carbocycles. The van der Waals surface area contributed by atoms with Crippen molar-refractivity contribution in [1.29, 1.82) is 0 Å². The number of sulfonamides is 1. The molecule has 1 amide bonds. The van der Waals surface area contributed by atoms with Crippen LogP contribution in [0.4, 0.5) is 10.1 Å². The number of rotatable bonds is 5. The number of carbonyl (C=O) groups excluding carboxylic acids is 1. The standard InChI is InChI=1S/C14H19ClFN3O3S/c1-9(20)18-12-7-11(16)13(6-10(12)15)23(21,22)19-14(8-17)4-2-3-5-14/h6-7,19H,2-5,8,17H2,1H3,(H,18,20). The van der Waals surface area contributed by atoms with Crippen LogP contribution in [-0.2, 0) is 14.8 Å². The van der Waals surface area contributed by atoms with Crippen molar-refractivity contribution < 1.29 is 17.6 Å². The van der Waals surface area contributed by atoms with Crippen LogP contribution in [0.15, 0.2) is 17.0 Å². The molecule has 0 saturated heterocycles. The third kappa shape index (κ3) is 4.00. The van der Waals surface area contributed by atoms with Gasteiger partial charge in [0.05, 0.1) is 10.7 Å². The van der Waals surface area contributed by atoms with Gasteiger partial charge in [-0.2, -0.15) is 0 Å². The number of benzene rings is 1. The first-order valence-corrected chi connectivity index (χ1v) is 9.06. The lowest BCUT2D eigenvalue weighted by Gasteiger charge is -2.28. The molecule has 0 aliphatic heterocycles. The van der Waals surface area contributed by atoms with Crippen molar-refractivity contribution in [2.24, 2.45) is 5.73 Å². The van der Waals surface area contributed by atoms with Crippen LogP contribution in [0.25, 0.3) is 0 Å². The van der Waals surface area contributed by atoms with E-state index < -0.39 is 32.2 Å². The van der Waals surface area contributed by atoms with Crippen molar-refractivity contribution in [3.8, 4) is 0 Å². The highest BCUT2D eigenvalue weighted by Gasteiger charge is 2.37. The Morgan fingerprint density at radius 1 is 1.39 bits per heavy atom. The van der Waals surface area contributed by atoms with Crippen LogP contribution in [-0.4, -0.2) is 26.4 Å². The van der Waals surface area contributed by atoms with Gasteiger partial charge in [0.1, 0.15) is 10.7 Å². The van der Waals surface area contributed by atoms with Crippen LogP contribution in [0, 0.1) is 5.82 Å². The normalized spacial score (nSPS) is 17.2. The Morgan fingerprint density at radius 2 is 2.00 bits per heavy atom. The maximum atomic E-state index is 14.2. The quantitative estimate of drug-likeness (QED) is 0.744. The van der Waals surface area contributed by atoms with Crippen molar-refractivity contribution in [1.82, 2.24) is 4.72 Å². The fourth-order valence-electron chi connectivity index (χ4n) is 2.76. The molecule has 0 atom stereocenters. The van der Waals surface area contributed by atoms with Gasteiger partial charge in [0, 0.05) is 25.1 Å². The van der Waals surface area contributed by atoms with Gasteiger partial charge in [-0.15, -0.1) is 0 Å². The summed E-state index contributed by atoms with van der Waals surface area (Å²) in [6.07, 6.45) is 2.96. The molecule has 0 unspecified atom stereocenters. The van der Waals surface area contributed by atoms with E-state index in [1.54, 1.807) is 0 Å². The first kappa shape index (κ1) is 18.1. The van der Waals surface area contributed by atoms with Crippen LogP contribution in [0.2, 0.25) is 5.02 Å². The second-order valence-corrected chi connectivity index (χ2v) is 7.80. The van der Waals surface area contributed by atoms with Crippen molar-refractivity contribution in [3.05, 3.63) is 23.0 Å². The Balaban J connectivity index is 2.36. The van der Waals surface area contributed by atoms with Gasteiger partial charge in [-0.3, -0.25) is 4.79 Å². The molecule has 1 saturated carbocycles. The summed E-state index contributed by atoms with van der Waals surface area (Å²) in [5.41, 5.74) is 4.98. The molecule has 0 heterocycles. The fourth-order valence-corrected chi connectivity index (χ4v) is 4.59. The molecule has 1 aliphatic rings. The highest BCUT2D eigenvalue weighted by molar-refractivity contribution is 7.89. The Hall–Kier alpha value is -1.22. The number of amides is 1. The van der Waals surface area contributed by atoms with Crippen LogP contribution in [0.1, 0.15) is 32.6 Å². The highest BCUT2D eigenvalue weighted by Crippen LogP contribution is 2.32. The van der Waals surface area contributed by atoms with Gasteiger partial charge < -0.3 is 11.1 Å². The third-order valence-electron chi connectivity index (χ3n) is 3.92. The van der Waals surface area contributed by atoms with Gasteiger partial charge in [-0.05, 0) is 18.9 Å². The van der Waals surface area contributed by atoms with E-state index in [1.165, 1.54) is 6.92 Å². The molecule has 0 bridgehead atoms. The maximum absolute atomic E-state index is 14.2.